The predicted molar refractivity (Wildman–Crippen MR) is 81.4 cm³/mol. The van der Waals surface area contributed by atoms with Gasteiger partial charge in [0.25, 0.3) is 10.0 Å². The van der Waals surface area contributed by atoms with Gasteiger partial charge in [-0.25, -0.2) is 12.8 Å². The van der Waals surface area contributed by atoms with Crippen molar-refractivity contribution in [2.75, 3.05) is 18.4 Å². The molecule has 0 unspecified atom stereocenters. The molecule has 1 N–H and O–H groups in total. The van der Waals surface area contributed by atoms with Gasteiger partial charge in [-0.1, -0.05) is 0 Å². The number of benzene rings is 2. The van der Waals surface area contributed by atoms with Gasteiger partial charge in [-0.2, -0.15) is 0 Å². The molecule has 0 saturated heterocycles. The van der Waals surface area contributed by atoms with E-state index in [1.54, 1.807) is 31.2 Å². The minimum Gasteiger partial charge on any atom is -0.497 e. The first-order valence-electron chi connectivity index (χ1n) is 6.55. The Morgan fingerprint density at radius 3 is 2.36 bits per heavy atom. The first-order chi connectivity index (χ1) is 10.5. The Morgan fingerprint density at radius 2 is 1.82 bits per heavy atom. The molecule has 2 rings (SSSR count). The first-order valence-corrected chi connectivity index (χ1v) is 8.04. The van der Waals surface area contributed by atoms with Crippen molar-refractivity contribution < 1.29 is 22.3 Å². The van der Waals surface area contributed by atoms with E-state index >= 15 is 0 Å². The van der Waals surface area contributed by atoms with Gasteiger partial charge in [0.2, 0.25) is 0 Å². The van der Waals surface area contributed by atoms with Gasteiger partial charge in [0.05, 0.1) is 18.6 Å². The highest BCUT2D eigenvalue weighted by molar-refractivity contribution is 7.92. The number of rotatable bonds is 6. The number of halogens is 1. The minimum absolute atomic E-state index is 0.0193. The molecule has 22 heavy (non-hydrogen) atoms. The summed E-state index contributed by atoms with van der Waals surface area (Å²) in [5.74, 6) is -0.0968. The van der Waals surface area contributed by atoms with Crippen LogP contribution in [0.2, 0.25) is 0 Å². The third-order valence-corrected chi connectivity index (χ3v) is 4.23. The summed E-state index contributed by atoms with van der Waals surface area (Å²) in [6.45, 7) is 2.02. The number of methoxy groups -OCH3 is 1. The maximum absolute atomic E-state index is 13.8. The molecule has 5 nitrogen and oxygen atoms in total. The number of nitrogens with one attached hydrogen (secondary N) is 1. The van der Waals surface area contributed by atoms with Gasteiger partial charge < -0.3 is 9.47 Å². The summed E-state index contributed by atoms with van der Waals surface area (Å²) in [5.41, 5.74) is 0.357. The lowest BCUT2D eigenvalue weighted by Crippen LogP contribution is -2.13. The normalized spacial score (nSPS) is 11.0. The van der Waals surface area contributed by atoms with E-state index in [-0.39, 0.29) is 10.6 Å². The van der Waals surface area contributed by atoms with E-state index in [2.05, 4.69) is 4.72 Å². The molecule has 0 heterocycles. The van der Waals surface area contributed by atoms with Crippen molar-refractivity contribution in [1.82, 2.24) is 0 Å². The van der Waals surface area contributed by atoms with Crippen molar-refractivity contribution in [3.8, 4) is 11.5 Å². The molecule has 0 amide bonds. The average molecular weight is 325 g/mol. The molecular formula is C15H16FNO4S. The number of hydrogen-bond donors (Lipinski definition) is 1. The van der Waals surface area contributed by atoms with Crippen LogP contribution in [0.25, 0.3) is 0 Å². The summed E-state index contributed by atoms with van der Waals surface area (Å²) >= 11 is 0. The van der Waals surface area contributed by atoms with Gasteiger partial charge in [-0.3, -0.25) is 4.72 Å². The molecule has 2 aromatic rings. The van der Waals surface area contributed by atoms with Gasteiger partial charge in [-0.05, 0) is 49.4 Å². The fourth-order valence-electron chi connectivity index (χ4n) is 1.79. The Morgan fingerprint density at radius 1 is 1.14 bits per heavy atom. The van der Waals surface area contributed by atoms with Crippen LogP contribution in [0.5, 0.6) is 11.5 Å². The molecular weight excluding hydrogens is 309 g/mol. The molecule has 0 aromatic heterocycles. The summed E-state index contributed by atoms with van der Waals surface area (Å²) in [6.07, 6.45) is 0. The molecule has 0 aliphatic carbocycles. The van der Waals surface area contributed by atoms with Gasteiger partial charge >= 0.3 is 0 Å². The zero-order valence-electron chi connectivity index (χ0n) is 12.2. The third kappa shape index (κ3) is 3.67. The lowest BCUT2D eigenvalue weighted by molar-refractivity contribution is 0.321. The van der Waals surface area contributed by atoms with Crippen LogP contribution in [-0.4, -0.2) is 22.1 Å². The third-order valence-electron chi connectivity index (χ3n) is 2.86. The number of sulfonamides is 1. The molecule has 2 aromatic carbocycles. The van der Waals surface area contributed by atoms with Gasteiger partial charge in [0.15, 0.2) is 11.6 Å². The monoisotopic (exact) mass is 325 g/mol. The topological polar surface area (TPSA) is 64.6 Å². The smallest absolute Gasteiger partial charge is 0.262 e. The largest absolute Gasteiger partial charge is 0.497 e. The van der Waals surface area contributed by atoms with Crippen LogP contribution in [0.4, 0.5) is 10.1 Å². The van der Waals surface area contributed by atoms with E-state index in [4.69, 9.17) is 9.47 Å². The molecule has 0 saturated carbocycles. The predicted octanol–water partition coefficient (Wildman–Crippen LogP) is 3.03. The summed E-state index contributed by atoms with van der Waals surface area (Å²) in [6, 6.07) is 9.87. The zero-order chi connectivity index (χ0) is 16.2. The quantitative estimate of drug-likeness (QED) is 0.886. The highest BCUT2D eigenvalue weighted by atomic mass is 32.2. The number of hydrogen-bond acceptors (Lipinski definition) is 4. The molecule has 7 heteroatoms. The lowest BCUT2D eigenvalue weighted by Gasteiger charge is -2.10. The second-order valence-electron chi connectivity index (χ2n) is 4.36. The zero-order valence-corrected chi connectivity index (χ0v) is 13.0. The molecule has 0 atom stereocenters. The van der Waals surface area contributed by atoms with Crippen molar-refractivity contribution in [1.29, 1.82) is 0 Å². The first kappa shape index (κ1) is 16.1. The van der Waals surface area contributed by atoms with Crippen LogP contribution in [0.3, 0.4) is 0 Å². The summed E-state index contributed by atoms with van der Waals surface area (Å²) < 4.78 is 50.6. The Balaban J connectivity index is 2.24. The molecule has 0 aliphatic rings. The summed E-state index contributed by atoms with van der Waals surface area (Å²) in [4.78, 5) is -0.177. The van der Waals surface area contributed by atoms with E-state index in [9.17, 15) is 12.8 Å². The second-order valence-corrected chi connectivity index (χ2v) is 6.04. The Bertz CT molecular complexity index is 745. The maximum Gasteiger partial charge on any atom is 0.262 e. The van der Waals surface area contributed by atoms with Crippen LogP contribution in [0.15, 0.2) is 47.4 Å². The van der Waals surface area contributed by atoms with Crippen molar-refractivity contribution in [2.45, 2.75) is 11.8 Å². The summed E-state index contributed by atoms with van der Waals surface area (Å²) in [5, 5.41) is 0. The van der Waals surface area contributed by atoms with E-state index < -0.39 is 15.8 Å². The highest BCUT2D eigenvalue weighted by Gasteiger charge is 2.17. The number of ether oxygens (including phenoxy) is 2. The van der Waals surface area contributed by atoms with Crippen molar-refractivity contribution in [3.05, 3.63) is 48.3 Å². The Labute approximate surface area is 128 Å². The minimum atomic E-state index is -3.87. The van der Waals surface area contributed by atoms with E-state index in [0.717, 1.165) is 6.07 Å². The maximum atomic E-state index is 13.8. The summed E-state index contributed by atoms with van der Waals surface area (Å²) in [7, 11) is -2.36. The van der Waals surface area contributed by atoms with Crippen LogP contribution >= 0.6 is 0 Å². The number of anilines is 1. The molecule has 0 fully saturated rings. The van der Waals surface area contributed by atoms with Crippen molar-refractivity contribution in [2.24, 2.45) is 0 Å². The fraction of sp³-hybridized carbons (Fsp3) is 0.200. The molecule has 0 spiro atoms. The van der Waals surface area contributed by atoms with E-state index in [0.29, 0.717) is 18.0 Å². The van der Waals surface area contributed by atoms with E-state index in [1.807, 2.05) is 0 Å². The second kappa shape index (κ2) is 6.65. The lowest BCUT2D eigenvalue weighted by atomic mass is 10.3. The van der Waals surface area contributed by atoms with Gasteiger partial charge in [-0.15, -0.1) is 0 Å². The molecule has 0 bridgehead atoms. The van der Waals surface area contributed by atoms with Crippen molar-refractivity contribution >= 4 is 15.7 Å². The van der Waals surface area contributed by atoms with Crippen LogP contribution in [0, 0.1) is 5.82 Å². The standard InChI is InChI=1S/C15H16FNO4S/c1-3-21-15-9-8-13(10-14(15)16)22(18,19)17-11-4-6-12(20-2)7-5-11/h4-10,17H,3H2,1-2H3. The van der Waals surface area contributed by atoms with Gasteiger partial charge in [0, 0.05) is 5.69 Å². The van der Waals surface area contributed by atoms with Crippen LogP contribution < -0.4 is 14.2 Å². The SMILES string of the molecule is CCOc1ccc(S(=O)(=O)Nc2ccc(OC)cc2)cc1F. The van der Waals surface area contributed by atoms with E-state index in [1.165, 1.54) is 19.2 Å². The average Bonchev–Trinajstić information content (AvgIpc) is 2.50. The van der Waals surface area contributed by atoms with Crippen LogP contribution in [-0.2, 0) is 10.0 Å². The molecule has 0 aliphatic heterocycles. The van der Waals surface area contributed by atoms with Crippen LogP contribution in [0.1, 0.15) is 6.92 Å². The van der Waals surface area contributed by atoms with Gasteiger partial charge in [0.1, 0.15) is 5.75 Å². The molecule has 118 valence electrons. The molecule has 0 radical (unpaired) electrons. The Hall–Kier alpha value is -2.28. The fourth-order valence-corrected chi connectivity index (χ4v) is 2.86. The van der Waals surface area contributed by atoms with Crippen molar-refractivity contribution in [3.63, 3.8) is 0 Å². The highest BCUT2D eigenvalue weighted by Crippen LogP contribution is 2.23. The Kier molecular flexibility index (Phi) is 4.87.